The van der Waals surface area contributed by atoms with Crippen molar-refractivity contribution in [3.8, 4) is 28.2 Å². The summed E-state index contributed by atoms with van der Waals surface area (Å²) in [4.78, 5) is 0. The van der Waals surface area contributed by atoms with Crippen LogP contribution in [0.2, 0.25) is 0 Å². The molecule has 0 saturated heterocycles. The van der Waals surface area contributed by atoms with Gasteiger partial charge in [-0.1, -0.05) is 29.5 Å². The molecule has 3 heterocycles. The highest BCUT2D eigenvalue weighted by molar-refractivity contribution is 5.94. The van der Waals surface area contributed by atoms with Gasteiger partial charge >= 0.3 is 6.18 Å². The minimum Gasteiger partial charge on any atom is -0.312 e. The summed E-state index contributed by atoms with van der Waals surface area (Å²) in [5, 5.41) is 20.1. The third-order valence-corrected chi connectivity index (χ3v) is 6.16. The maximum atomic E-state index is 13.2. The monoisotopic (exact) mass is 460 g/mol. The van der Waals surface area contributed by atoms with Crippen LogP contribution in [-0.2, 0) is 19.1 Å². The van der Waals surface area contributed by atoms with E-state index < -0.39 is 11.7 Å². The van der Waals surface area contributed by atoms with E-state index in [-0.39, 0.29) is 0 Å². The molecular formula is C25H19F3N6. The third kappa shape index (κ3) is 3.63. The minimum absolute atomic E-state index is 0.482. The number of H-pyrrole nitrogens is 1. The Hall–Kier alpha value is -3.98. The lowest BCUT2D eigenvalue weighted by atomic mass is 10.0. The highest BCUT2D eigenvalue weighted by atomic mass is 19.4. The number of rotatable bonds is 3. The van der Waals surface area contributed by atoms with Crippen LogP contribution in [0.4, 0.5) is 13.2 Å². The van der Waals surface area contributed by atoms with Gasteiger partial charge in [0.05, 0.1) is 23.0 Å². The van der Waals surface area contributed by atoms with Crippen molar-refractivity contribution in [3.63, 3.8) is 0 Å². The van der Waals surface area contributed by atoms with Crippen LogP contribution >= 0.6 is 0 Å². The predicted octanol–water partition coefficient (Wildman–Crippen LogP) is 5.14. The van der Waals surface area contributed by atoms with Crippen molar-refractivity contribution >= 4 is 10.9 Å². The van der Waals surface area contributed by atoms with Crippen molar-refractivity contribution in [2.45, 2.75) is 19.1 Å². The number of benzene rings is 3. The Kier molecular flexibility index (Phi) is 4.73. The molecule has 9 heteroatoms. The largest absolute Gasteiger partial charge is 0.416 e. The van der Waals surface area contributed by atoms with Gasteiger partial charge in [-0.2, -0.15) is 18.3 Å². The molecule has 1 aliphatic rings. The fraction of sp³-hybridized carbons (Fsp3) is 0.160. The number of hydrogen-bond donors (Lipinski definition) is 2. The average molecular weight is 460 g/mol. The van der Waals surface area contributed by atoms with Crippen LogP contribution in [0.15, 0.2) is 66.9 Å². The SMILES string of the molecule is FC(F)(F)c1cccc(-c2ccc3[nH]nc(-c4cn(-c5ccc6c(c5)CNCC6)nn4)c3c2)c1. The van der Waals surface area contributed by atoms with E-state index in [1.165, 1.54) is 17.2 Å². The summed E-state index contributed by atoms with van der Waals surface area (Å²) in [5.41, 5.74) is 5.88. The second-order valence-corrected chi connectivity index (χ2v) is 8.34. The van der Waals surface area contributed by atoms with E-state index >= 15 is 0 Å². The molecule has 1 aliphatic heterocycles. The standard InChI is InChI=1S/C25H19F3N6/c26-25(27,28)19-3-1-2-16(10-19)17-5-7-22-21(12-17)24(32-30-22)23-14-34(33-31-23)20-6-4-15-8-9-29-13-18(15)11-20/h1-7,10-12,14,29H,8-9,13H2,(H,30,32). The molecule has 0 amide bonds. The molecule has 0 radical (unpaired) electrons. The van der Waals surface area contributed by atoms with Gasteiger partial charge in [0.15, 0.2) is 0 Å². The minimum atomic E-state index is -4.40. The second kappa shape index (κ2) is 7.81. The maximum Gasteiger partial charge on any atom is 0.416 e. The first kappa shape index (κ1) is 20.6. The predicted molar refractivity (Wildman–Crippen MR) is 122 cm³/mol. The third-order valence-electron chi connectivity index (χ3n) is 6.16. The van der Waals surface area contributed by atoms with Gasteiger partial charge < -0.3 is 5.32 Å². The van der Waals surface area contributed by atoms with Crippen molar-refractivity contribution in [1.82, 2.24) is 30.5 Å². The van der Waals surface area contributed by atoms with Gasteiger partial charge in [0.25, 0.3) is 0 Å². The van der Waals surface area contributed by atoms with Crippen LogP contribution < -0.4 is 5.32 Å². The molecule has 0 saturated carbocycles. The highest BCUT2D eigenvalue weighted by Crippen LogP contribution is 2.34. The zero-order valence-electron chi connectivity index (χ0n) is 17.9. The van der Waals surface area contributed by atoms with Crippen LogP contribution in [0, 0.1) is 0 Å². The Balaban J connectivity index is 1.37. The van der Waals surface area contributed by atoms with Crippen LogP contribution in [0.1, 0.15) is 16.7 Å². The number of fused-ring (bicyclic) bond motifs is 2. The molecule has 0 atom stereocenters. The van der Waals surface area contributed by atoms with E-state index in [0.717, 1.165) is 48.2 Å². The van der Waals surface area contributed by atoms with Crippen LogP contribution in [-0.4, -0.2) is 31.7 Å². The van der Waals surface area contributed by atoms with Crippen molar-refractivity contribution in [2.24, 2.45) is 0 Å². The molecule has 170 valence electrons. The van der Waals surface area contributed by atoms with Crippen molar-refractivity contribution in [1.29, 1.82) is 0 Å². The lowest BCUT2D eigenvalue weighted by molar-refractivity contribution is -0.137. The fourth-order valence-electron chi connectivity index (χ4n) is 4.37. The maximum absolute atomic E-state index is 13.2. The fourth-order valence-corrected chi connectivity index (χ4v) is 4.37. The number of aromatic nitrogens is 5. The van der Waals surface area contributed by atoms with Crippen molar-refractivity contribution in [2.75, 3.05) is 6.54 Å². The molecule has 34 heavy (non-hydrogen) atoms. The first-order chi connectivity index (χ1) is 16.5. The van der Waals surface area contributed by atoms with Gasteiger partial charge in [-0.3, -0.25) is 5.10 Å². The Morgan fingerprint density at radius 2 is 1.79 bits per heavy atom. The van der Waals surface area contributed by atoms with Gasteiger partial charge in [-0.05, 0) is 71.6 Å². The summed E-state index contributed by atoms with van der Waals surface area (Å²) in [6.07, 6.45) is -1.58. The summed E-state index contributed by atoms with van der Waals surface area (Å²) >= 11 is 0. The number of halogens is 3. The molecule has 6 nitrogen and oxygen atoms in total. The molecule has 0 aliphatic carbocycles. The first-order valence-electron chi connectivity index (χ1n) is 10.9. The first-order valence-corrected chi connectivity index (χ1v) is 10.9. The smallest absolute Gasteiger partial charge is 0.312 e. The topological polar surface area (TPSA) is 71.4 Å². The van der Waals surface area contributed by atoms with Gasteiger partial charge in [0.1, 0.15) is 11.4 Å². The Morgan fingerprint density at radius 1 is 0.912 bits per heavy atom. The van der Waals surface area contributed by atoms with Crippen LogP contribution in [0.25, 0.3) is 39.1 Å². The van der Waals surface area contributed by atoms with E-state index in [0.29, 0.717) is 22.5 Å². The zero-order chi connectivity index (χ0) is 23.3. The number of nitrogens with zero attached hydrogens (tertiary/aromatic N) is 4. The average Bonchev–Trinajstić information content (AvgIpc) is 3.50. The van der Waals surface area contributed by atoms with E-state index in [9.17, 15) is 13.2 Å². The number of hydrogen-bond acceptors (Lipinski definition) is 4. The summed E-state index contributed by atoms with van der Waals surface area (Å²) in [5.74, 6) is 0. The Bertz CT molecular complexity index is 1510. The molecular weight excluding hydrogens is 441 g/mol. The van der Waals surface area contributed by atoms with E-state index in [4.69, 9.17) is 0 Å². The van der Waals surface area contributed by atoms with E-state index in [2.05, 4.69) is 38.0 Å². The lowest BCUT2D eigenvalue weighted by Gasteiger charge is -2.17. The van der Waals surface area contributed by atoms with Crippen LogP contribution in [0.5, 0.6) is 0 Å². The molecule has 0 spiro atoms. The van der Waals surface area contributed by atoms with E-state index in [1.54, 1.807) is 16.8 Å². The summed E-state index contributed by atoms with van der Waals surface area (Å²) < 4.78 is 41.2. The summed E-state index contributed by atoms with van der Waals surface area (Å²) in [6, 6.07) is 17.0. The van der Waals surface area contributed by atoms with Gasteiger partial charge in [0, 0.05) is 11.9 Å². The summed E-state index contributed by atoms with van der Waals surface area (Å²) in [7, 11) is 0. The highest BCUT2D eigenvalue weighted by Gasteiger charge is 2.30. The van der Waals surface area contributed by atoms with Crippen molar-refractivity contribution in [3.05, 3.63) is 83.6 Å². The second-order valence-electron chi connectivity index (χ2n) is 8.34. The van der Waals surface area contributed by atoms with Crippen LogP contribution in [0.3, 0.4) is 0 Å². The molecule has 5 aromatic rings. The Morgan fingerprint density at radius 3 is 2.68 bits per heavy atom. The lowest BCUT2D eigenvalue weighted by Crippen LogP contribution is -2.23. The molecule has 0 bridgehead atoms. The van der Waals surface area contributed by atoms with Crippen molar-refractivity contribution < 1.29 is 13.2 Å². The quantitative estimate of drug-likeness (QED) is 0.391. The molecule has 3 aromatic carbocycles. The molecule has 0 unspecified atom stereocenters. The summed E-state index contributed by atoms with van der Waals surface area (Å²) in [6.45, 7) is 1.81. The van der Waals surface area contributed by atoms with Gasteiger partial charge in [0.2, 0.25) is 0 Å². The molecule has 0 fully saturated rings. The number of nitrogens with one attached hydrogen (secondary N) is 2. The Labute approximate surface area is 192 Å². The molecule has 2 aromatic heterocycles. The number of alkyl halides is 3. The number of aromatic amines is 1. The van der Waals surface area contributed by atoms with Gasteiger partial charge in [-0.25, -0.2) is 4.68 Å². The molecule has 2 N–H and O–H groups in total. The molecule has 6 rings (SSSR count). The normalized spacial score (nSPS) is 13.9. The zero-order valence-corrected chi connectivity index (χ0v) is 17.9. The van der Waals surface area contributed by atoms with Gasteiger partial charge in [-0.15, -0.1) is 5.10 Å². The van der Waals surface area contributed by atoms with E-state index in [1.807, 2.05) is 24.4 Å².